The molecule has 0 aliphatic rings. The third kappa shape index (κ3) is 5.97. The van der Waals surface area contributed by atoms with E-state index in [9.17, 15) is 4.79 Å². The summed E-state index contributed by atoms with van der Waals surface area (Å²) in [6.07, 6.45) is 1.72. The number of carbonyl (C=O) groups is 1. The third-order valence-electron chi connectivity index (χ3n) is 4.72. The number of rotatable bonds is 7. The molecule has 166 valence electrons. The molecular weight excluding hydrogens is 402 g/mol. The van der Waals surface area contributed by atoms with Crippen LogP contribution in [-0.2, 0) is 6.61 Å². The van der Waals surface area contributed by atoms with Crippen molar-refractivity contribution in [2.45, 2.75) is 39.8 Å². The number of nitrogens with zero attached hydrogens (tertiary/aromatic N) is 1. The van der Waals surface area contributed by atoms with Crippen LogP contribution in [0.2, 0.25) is 0 Å². The van der Waals surface area contributed by atoms with E-state index < -0.39 is 5.97 Å². The number of aliphatic imine (C=N–C) groups is 1. The van der Waals surface area contributed by atoms with Gasteiger partial charge in [0.1, 0.15) is 29.4 Å². The lowest BCUT2D eigenvalue weighted by Crippen LogP contribution is -2.16. The fraction of sp³-hybridized carbons (Fsp3) is 0.259. The normalized spacial score (nSPS) is 11.4. The number of hydrogen-bond acceptors (Lipinski definition) is 5. The molecule has 3 aromatic rings. The topological polar surface area (TPSA) is 57.1 Å². The standard InChI is InChI=1S/C27H29NO4/c1-19-23(30-5)16-21(17-28-27(2,3)4)25(31-18-20-12-8-6-9-13-20)24(19)26(29)32-22-14-10-7-11-15-22/h6-17H,18H2,1-5H3. The first-order valence-electron chi connectivity index (χ1n) is 10.5. The Balaban J connectivity index is 2.09. The van der Waals surface area contributed by atoms with Crippen molar-refractivity contribution in [2.75, 3.05) is 7.11 Å². The molecule has 0 amide bonds. The molecule has 0 saturated heterocycles. The predicted octanol–water partition coefficient (Wildman–Crippen LogP) is 6.02. The first-order valence-corrected chi connectivity index (χ1v) is 10.5. The van der Waals surface area contributed by atoms with Crippen LogP contribution in [0.4, 0.5) is 0 Å². The van der Waals surface area contributed by atoms with Crippen LogP contribution in [0.1, 0.15) is 47.8 Å². The van der Waals surface area contributed by atoms with Gasteiger partial charge in [-0.2, -0.15) is 0 Å². The second kappa shape index (κ2) is 10.1. The summed E-state index contributed by atoms with van der Waals surface area (Å²) in [5, 5.41) is 0. The van der Waals surface area contributed by atoms with E-state index in [2.05, 4.69) is 4.99 Å². The Kier molecular flexibility index (Phi) is 7.31. The van der Waals surface area contributed by atoms with Gasteiger partial charge in [-0.05, 0) is 51.5 Å². The third-order valence-corrected chi connectivity index (χ3v) is 4.72. The average Bonchev–Trinajstić information content (AvgIpc) is 2.77. The molecule has 0 aromatic heterocycles. The minimum atomic E-state index is -0.513. The van der Waals surface area contributed by atoms with Crippen molar-refractivity contribution >= 4 is 12.2 Å². The predicted molar refractivity (Wildman–Crippen MR) is 127 cm³/mol. The van der Waals surface area contributed by atoms with E-state index in [1.165, 1.54) is 0 Å². The highest BCUT2D eigenvalue weighted by Gasteiger charge is 2.25. The van der Waals surface area contributed by atoms with Crippen LogP contribution in [0, 0.1) is 6.92 Å². The number of carbonyl (C=O) groups excluding carboxylic acids is 1. The van der Waals surface area contributed by atoms with E-state index in [0.29, 0.717) is 40.5 Å². The summed E-state index contributed by atoms with van der Waals surface area (Å²) in [7, 11) is 1.57. The molecule has 0 radical (unpaired) electrons. The van der Waals surface area contributed by atoms with E-state index in [0.717, 1.165) is 5.56 Å². The Labute approximate surface area is 189 Å². The fourth-order valence-corrected chi connectivity index (χ4v) is 3.10. The van der Waals surface area contributed by atoms with Crippen molar-refractivity contribution in [3.8, 4) is 17.2 Å². The van der Waals surface area contributed by atoms with E-state index in [1.54, 1.807) is 25.5 Å². The summed E-state index contributed by atoms with van der Waals surface area (Å²) >= 11 is 0. The fourth-order valence-electron chi connectivity index (χ4n) is 3.10. The van der Waals surface area contributed by atoms with Gasteiger partial charge in [-0.15, -0.1) is 0 Å². The maximum atomic E-state index is 13.3. The summed E-state index contributed by atoms with van der Waals surface area (Å²) in [4.78, 5) is 17.9. The summed E-state index contributed by atoms with van der Waals surface area (Å²) < 4.78 is 17.4. The minimum Gasteiger partial charge on any atom is -0.496 e. The molecule has 0 heterocycles. The van der Waals surface area contributed by atoms with Crippen LogP contribution in [0.15, 0.2) is 71.7 Å². The Hall–Kier alpha value is -3.60. The van der Waals surface area contributed by atoms with Gasteiger partial charge in [0.05, 0.1) is 12.6 Å². The lowest BCUT2D eigenvalue weighted by Gasteiger charge is -2.19. The van der Waals surface area contributed by atoms with Crippen molar-refractivity contribution in [3.05, 3.63) is 89.0 Å². The second-order valence-corrected chi connectivity index (χ2v) is 8.40. The van der Waals surface area contributed by atoms with Gasteiger partial charge in [0.15, 0.2) is 0 Å². The van der Waals surface area contributed by atoms with Crippen molar-refractivity contribution in [1.82, 2.24) is 0 Å². The Morgan fingerprint density at radius 3 is 2.22 bits per heavy atom. The molecule has 5 nitrogen and oxygen atoms in total. The number of esters is 1. The summed E-state index contributed by atoms with van der Waals surface area (Å²) in [6, 6.07) is 20.6. The molecule has 3 aromatic carbocycles. The highest BCUT2D eigenvalue weighted by atomic mass is 16.5. The number of methoxy groups -OCH3 is 1. The number of hydrogen-bond donors (Lipinski definition) is 0. The average molecular weight is 432 g/mol. The van der Waals surface area contributed by atoms with Crippen LogP contribution in [0.25, 0.3) is 0 Å². The van der Waals surface area contributed by atoms with Gasteiger partial charge in [0.2, 0.25) is 0 Å². The summed E-state index contributed by atoms with van der Waals surface area (Å²) in [5.41, 5.74) is 2.31. The van der Waals surface area contributed by atoms with E-state index in [1.807, 2.05) is 82.3 Å². The maximum Gasteiger partial charge on any atom is 0.347 e. The highest BCUT2D eigenvalue weighted by molar-refractivity contribution is 6.00. The van der Waals surface area contributed by atoms with Gasteiger partial charge in [0, 0.05) is 17.3 Å². The number of benzene rings is 3. The first kappa shape index (κ1) is 23.1. The molecule has 32 heavy (non-hydrogen) atoms. The van der Waals surface area contributed by atoms with Crippen LogP contribution in [0.5, 0.6) is 17.2 Å². The van der Waals surface area contributed by atoms with Crippen LogP contribution < -0.4 is 14.2 Å². The molecule has 0 aliphatic heterocycles. The van der Waals surface area contributed by atoms with Crippen LogP contribution in [-0.4, -0.2) is 24.8 Å². The molecule has 0 saturated carbocycles. The van der Waals surface area contributed by atoms with Crippen molar-refractivity contribution < 1.29 is 19.0 Å². The highest BCUT2D eigenvalue weighted by Crippen LogP contribution is 2.35. The lowest BCUT2D eigenvalue weighted by atomic mass is 10.0. The molecule has 5 heteroatoms. The van der Waals surface area contributed by atoms with Gasteiger partial charge in [-0.1, -0.05) is 48.5 Å². The molecule has 0 aliphatic carbocycles. The molecule has 0 spiro atoms. The molecule has 0 fully saturated rings. The van der Waals surface area contributed by atoms with Crippen molar-refractivity contribution in [1.29, 1.82) is 0 Å². The van der Waals surface area contributed by atoms with E-state index in [-0.39, 0.29) is 5.54 Å². The molecule has 0 atom stereocenters. The van der Waals surface area contributed by atoms with Crippen LogP contribution in [0.3, 0.4) is 0 Å². The Morgan fingerprint density at radius 1 is 1.00 bits per heavy atom. The zero-order valence-electron chi connectivity index (χ0n) is 19.2. The van der Waals surface area contributed by atoms with Gasteiger partial charge in [-0.25, -0.2) is 4.79 Å². The second-order valence-electron chi connectivity index (χ2n) is 8.40. The Bertz CT molecular complexity index is 1080. The van der Waals surface area contributed by atoms with Gasteiger partial charge in [0.25, 0.3) is 0 Å². The largest absolute Gasteiger partial charge is 0.496 e. The molecule has 0 N–H and O–H groups in total. The van der Waals surface area contributed by atoms with Crippen LogP contribution >= 0.6 is 0 Å². The molecule has 0 bridgehead atoms. The van der Waals surface area contributed by atoms with Gasteiger partial charge in [-0.3, -0.25) is 4.99 Å². The van der Waals surface area contributed by atoms with E-state index in [4.69, 9.17) is 14.2 Å². The quantitative estimate of drug-likeness (QED) is 0.261. The smallest absolute Gasteiger partial charge is 0.347 e. The molecular formula is C27H29NO4. The van der Waals surface area contributed by atoms with Gasteiger partial charge < -0.3 is 14.2 Å². The monoisotopic (exact) mass is 431 g/mol. The zero-order chi connectivity index (χ0) is 23.1. The maximum absolute atomic E-state index is 13.3. The SMILES string of the molecule is COc1cc(C=NC(C)(C)C)c(OCc2ccccc2)c(C(=O)Oc2ccccc2)c1C. The first-order chi connectivity index (χ1) is 15.3. The lowest BCUT2D eigenvalue weighted by molar-refractivity contribution is 0.0728. The minimum absolute atomic E-state index is 0.292. The van der Waals surface area contributed by atoms with Crippen molar-refractivity contribution in [2.24, 2.45) is 4.99 Å². The zero-order valence-corrected chi connectivity index (χ0v) is 19.2. The van der Waals surface area contributed by atoms with Crippen molar-refractivity contribution in [3.63, 3.8) is 0 Å². The van der Waals surface area contributed by atoms with Gasteiger partial charge >= 0.3 is 5.97 Å². The summed E-state index contributed by atoms with van der Waals surface area (Å²) in [6.45, 7) is 8.13. The molecule has 0 unspecified atom stereocenters. The number of para-hydroxylation sites is 1. The number of ether oxygens (including phenoxy) is 3. The summed E-state index contributed by atoms with van der Waals surface area (Å²) in [5.74, 6) is 0.924. The Morgan fingerprint density at radius 2 is 1.62 bits per heavy atom. The van der Waals surface area contributed by atoms with E-state index >= 15 is 0 Å². The molecule has 3 rings (SSSR count).